The Kier molecular flexibility index (Phi) is 7.71. The Morgan fingerprint density at radius 1 is 1.47 bits per heavy atom. The van der Waals surface area contributed by atoms with Crippen LogP contribution in [0, 0.1) is 9.49 Å². The maximum absolute atomic E-state index is 11.9. The molecular formula is C14H20ClIN2O. The van der Waals surface area contributed by atoms with E-state index < -0.39 is 0 Å². The van der Waals surface area contributed by atoms with E-state index in [0.29, 0.717) is 23.9 Å². The normalized spacial score (nSPS) is 12.2. The molecule has 106 valence electrons. The summed E-state index contributed by atoms with van der Waals surface area (Å²) in [5.74, 6) is 0.593. The molecule has 0 radical (unpaired) electrons. The van der Waals surface area contributed by atoms with Crippen molar-refractivity contribution in [2.45, 2.75) is 32.6 Å². The van der Waals surface area contributed by atoms with Gasteiger partial charge in [0.2, 0.25) is 5.91 Å². The first kappa shape index (κ1) is 16.7. The molecule has 1 aromatic carbocycles. The van der Waals surface area contributed by atoms with Gasteiger partial charge in [-0.05, 0) is 66.1 Å². The second kappa shape index (κ2) is 8.76. The Bertz CT molecular complexity index is 426. The largest absolute Gasteiger partial charge is 0.330 e. The van der Waals surface area contributed by atoms with Gasteiger partial charge in [0.15, 0.2) is 0 Å². The summed E-state index contributed by atoms with van der Waals surface area (Å²) in [6.07, 6.45) is 3.49. The predicted octanol–water partition coefficient (Wildman–Crippen LogP) is 4.04. The van der Waals surface area contributed by atoms with Gasteiger partial charge in [-0.25, -0.2) is 0 Å². The number of hydrogen-bond donors (Lipinski definition) is 2. The van der Waals surface area contributed by atoms with Gasteiger partial charge in [-0.1, -0.05) is 24.9 Å². The fourth-order valence-electron chi connectivity index (χ4n) is 1.93. The molecule has 0 bridgehead atoms. The van der Waals surface area contributed by atoms with Gasteiger partial charge >= 0.3 is 0 Å². The Balaban J connectivity index is 2.46. The van der Waals surface area contributed by atoms with Crippen molar-refractivity contribution in [1.29, 1.82) is 0 Å². The molecule has 0 aliphatic heterocycles. The Morgan fingerprint density at radius 2 is 2.21 bits per heavy atom. The van der Waals surface area contributed by atoms with Crippen LogP contribution in [-0.4, -0.2) is 12.5 Å². The molecule has 0 heterocycles. The van der Waals surface area contributed by atoms with E-state index in [1.807, 2.05) is 12.1 Å². The zero-order valence-corrected chi connectivity index (χ0v) is 14.0. The zero-order valence-electron chi connectivity index (χ0n) is 11.1. The fraction of sp³-hybridized carbons (Fsp3) is 0.500. The summed E-state index contributed by atoms with van der Waals surface area (Å²) < 4.78 is 0.951. The average Bonchev–Trinajstić information content (AvgIpc) is 2.38. The minimum atomic E-state index is 0.0516. The number of anilines is 1. The molecule has 0 fully saturated rings. The summed E-state index contributed by atoms with van der Waals surface area (Å²) in [6, 6.07) is 5.45. The molecule has 0 aliphatic rings. The van der Waals surface area contributed by atoms with Gasteiger partial charge < -0.3 is 11.1 Å². The molecule has 0 aromatic heterocycles. The lowest BCUT2D eigenvalue weighted by atomic mass is 9.96. The van der Waals surface area contributed by atoms with Gasteiger partial charge in [-0.3, -0.25) is 4.79 Å². The smallest absolute Gasteiger partial charge is 0.224 e. The highest BCUT2D eigenvalue weighted by Crippen LogP contribution is 2.23. The van der Waals surface area contributed by atoms with Crippen LogP contribution < -0.4 is 11.1 Å². The van der Waals surface area contributed by atoms with Crippen molar-refractivity contribution < 1.29 is 4.79 Å². The summed E-state index contributed by atoms with van der Waals surface area (Å²) in [4.78, 5) is 11.9. The van der Waals surface area contributed by atoms with Crippen molar-refractivity contribution in [3.8, 4) is 0 Å². The molecule has 0 spiro atoms. The highest BCUT2D eigenvalue weighted by atomic mass is 127. The summed E-state index contributed by atoms with van der Waals surface area (Å²) in [5.41, 5.74) is 6.38. The van der Waals surface area contributed by atoms with Gasteiger partial charge in [0, 0.05) is 15.0 Å². The van der Waals surface area contributed by atoms with E-state index in [2.05, 4.69) is 34.8 Å². The van der Waals surface area contributed by atoms with E-state index in [-0.39, 0.29) is 5.91 Å². The van der Waals surface area contributed by atoms with Crippen molar-refractivity contribution in [3.05, 3.63) is 26.8 Å². The number of nitrogens with two attached hydrogens (primary N) is 1. The second-order valence-corrected chi connectivity index (χ2v) is 6.16. The molecule has 3 nitrogen and oxygen atoms in total. The van der Waals surface area contributed by atoms with Gasteiger partial charge in [-0.15, -0.1) is 0 Å². The summed E-state index contributed by atoms with van der Waals surface area (Å²) in [5, 5.41) is 3.60. The molecule has 0 saturated carbocycles. The number of halogens is 2. The number of hydrogen-bond acceptors (Lipinski definition) is 2. The average molecular weight is 395 g/mol. The first-order valence-electron chi connectivity index (χ1n) is 6.51. The third-order valence-electron chi connectivity index (χ3n) is 3.14. The van der Waals surface area contributed by atoms with E-state index in [9.17, 15) is 4.79 Å². The maximum atomic E-state index is 11.9. The van der Waals surface area contributed by atoms with E-state index in [1.54, 1.807) is 6.07 Å². The van der Waals surface area contributed by atoms with Crippen LogP contribution in [0.1, 0.15) is 32.6 Å². The molecule has 1 rings (SSSR count). The van der Waals surface area contributed by atoms with Gasteiger partial charge in [-0.2, -0.15) is 0 Å². The van der Waals surface area contributed by atoms with Gasteiger partial charge in [0.1, 0.15) is 0 Å². The number of rotatable bonds is 7. The Morgan fingerprint density at radius 3 is 2.79 bits per heavy atom. The van der Waals surface area contributed by atoms with Crippen molar-refractivity contribution in [2.75, 3.05) is 11.9 Å². The maximum Gasteiger partial charge on any atom is 0.224 e. The Labute approximate surface area is 133 Å². The molecule has 19 heavy (non-hydrogen) atoms. The molecule has 1 atom stereocenters. The zero-order chi connectivity index (χ0) is 14.3. The number of nitrogens with one attached hydrogen (secondary N) is 1. The van der Waals surface area contributed by atoms with E-state index >= 15 is 0 Å². The lowest BCUT2D eigenvalue weighted by Crippen LogP contribution is -2.15. The minimum absolute atomic E-state index is 0.0516. The second-order valence-electron chi connectivity index (χ2n) is 4.56. The quantitative estimate of drug-likeness (QED) is 0.686. The molecule has 0 aliphatic carbocycles. The van der Waals surface area contributed by atoms with Crippen LogP contribution in [0.15, 0.2) is 18.2 Å². The van der Waals surface area contributed by atoms with E-state index in [0.717, 1.165) is 28.5 Å². The monoisotopic (exact) mass is 394 g/mol. The standard InChI is InChI=1S/C14H20ClIN2O/c1-2-10(7-8-17)3-6-14(19)18-13-5-4-11(15)9-12(13)16/h4-5,9-10H,2-3,6-8,17H2,1H3,(H,18,19). The Hall–Kier alpha value is -0.330. The highest BCUT2D eigenvalue weighted by Gasteiger charge is 2.10. The lowest BCUT2D eigenvalue weighted by molar-refractivity contribution is -0.116. The molecule has 5 heteroatoms. The number of benzene rings is 1. The van der Waals surface area contributed by atoms with Crippen LogP contribution in [-0.2, 0) is 4.79 Å². The van der Waals surface area contributed by atoms with Crippen LogP contribution in [0.2, 0.25) is 5.02 Å². The van der Waals surface area contributed by atoms with E-state index in [1.165, 1.54) is 0 Å². The topological polar surface area (TPSA) is 55.1 Å². The van der Waals surface area contributed by atoms with Crippen LogP contribution in [0.4, 0.5) is 5.69 Å². The number of amides is 1. The fourth-order valence-corrected chi connectivity index (χ4v) is 2.93. The van der Waals surface area contributed by atoms with Crippen molar-refractivity contribution in [1.82, 2.24) is 0 Å². The summed E-state index contributed by atoms with van der Waals surface area (Å²) in [6.45, 7) is 2.83. The minimum Gasteiger partial charge on any atom is -0.330 e. The lowest BCUT2D eigenvalue weighted by Gasteiger charge is -2.13. The molecule has 1 unspecified atom stereocenters. The molecule has 3 N–H and O–H groups in total. The summed E-state index contributed by atoms with van der Waals surface area (Å²) >= 11 is 8.05. The summed E-state index contributed by atoms with van der Waals surface area (Å²) in [7, 11) is 0. The first-order chi connectivity index (χ1) is 9.06. The molecular weight excluding hydrogens is 375 g/mol. The first-order valence-corrected chi connectivity index (χ1v) is 7.97. The van der Waals surface area contributed by atoms with Gasteiger partial charge in [0.05, 0.1) is 5.69 Å². The van der Waals surface area contributed by atoms with E-state index in [4.69, 9.17) is 17.3 Å². The van der Waals surface area contributed by atoms with Crippen LogP contribution >= 0.6 is 34.2 Å². The molecule has 1 amide bonds. The van der Waals surface area contributed by atoms with Crippen molar-refractivity contribution in [3.63, 3.8) is 0 Å². The SMILES string of the molecule is CCC(CCN)CCC(=O)Nc1ccc(Cl)cc1I. The van der Waals surface area contributed by atoms with Crippen molar-refractivity contribution >= 4 is 45.8 Å². The molecule has 1 aromatic rings. The van der Waals surface area contributed by atoms with Crippen LogP contribution in [0.25, 0.3) is 0 Å². The third-order valence-corrected chi connectivity index (χ3v) is 4.26. The van der Waals surface area contributed by atoms with Crippen LogP contribution in [0.5, 0.6) is 0 Å². The third kappa shape index (κ3) is 6.10. The number of carbonyl (C=O) groups is 1. The predicted molar refractivity (Wildman–Crippen MR) is 89.5 cm³/mol. The van der Waals surface area contributed by atoms with Crippen LogP contribution in [0.3, 0.4) is 0 Å². The number of carbonyl (C=O) groups excluding carboxylic acids is 1. The van der Waals surface area contributed by atoms with Crippen molar-refractivity contribution in [2.24, 2.45) is 11.7 Å². The molecule has 0 saturated heterocycles. The van der Waals surface area contributed by atoms with Gasteiger partial charge in [0.25, 0.3) is 0 Å². The highest BCUT2D eigenvalue weighted by molar-refractivity contribution is 14.1.